The number of anilines is 2. The van der Waals surface area contributed by atoms with Crippen molar-refractivity contribution in [2.45, 2.75) is 31.9 Å². The van der Waals surface area contributed by atoms with E-state index >= 15 is 0 Å². The highest BCUT2D eigenvalue weighted by atomic mass is 19.4. The Balaban J connectivity index is 1.35. The summed E-state index contributed by atoms with van der Waals surface area (Å²) in [6, 6.07) is 14.9. The fraction of sp³-hybridized carbons (Fsp3) is 0.321. The van der Waals surface area contributed by atoms with Gasteiger partial charge in [0, 0.05) is 44.6 Å². The molecular formula is C28H29F3N4O2. The van der Waals surface area contributed by atoms with Crippen LogP contribution in [-0.2, 0) is 6.18 Å². The minimum atomic E-state index is -4.49. The first-order chi connectivity index (χ1) is 17.5. The first-order valence-corrected chi connectivity index (χ1v) is 12.1. The van der Waals surface area contributed by atoms with E-state index in [-0.39, 0.29) is 28.9 Å². The minimum absolute atomic E-state index is 0.0378. The Morgan fingerprint density at radius 3 is 2.24 bits per heavy atom. The van der Waals surface area contributed by atoms with E-state index in [4.69, 9.17) is 0 Å². The molecule has 1 aromatic heterocycles. The van der Waals surface area contributed by atoms with E-state index in [1.807, 2.05) is 43.3 Å². The summed E-state index contributed by atoms with van der Waals surface area (Å²) in [5, 5.41) is 2.87. The van der Waals surface area contributed by atoms with Gasteiger partial charge >= 0.3 is 6.18 Å². The molecular weight excluding hydrogens is 481 g/mol. The molecule has 9 heteroatoms. The zero-order chi connectivity index (χ0) is 26.7. The molecule has 1 fully saturated rings. The number of pyridine rings is 1. The highest BCUT2D eigenvalue weighted by molar-refractivity contribution is 6.04. The lowest BCUT2D eigenvalue weighted by Gasteiger charge is -2.33. The highest BCUT2D eigenvalue weighted by Crippen LogP contribution is 2.34. The van der Waals surface area contributed by atoms with E-state index < -0.39 is 11.7 Å². The summed E-state index contributed by atoms with van der Waals surface area (Å²) in [6.45, 7) is 2.28. The minimum Gasteiger partial charge on any atom is -0.363 e. The SMILES string of the molecule is Cc1c(C(=O)N2CCC(c3ccc(NC(=O)c4ccc(N(C)C)nc4)cc3)CC2)cccc1C(F)(F)F. The number of nitrogens with zero attached hydrogens (tertiary/aromatic N) is 3. The average molecular weight is 511 g/mol. The van der Waals surface area contributed by atoms with Crippen molar-refractivity contribution in [1.82, 2.24) is 9.88 Å². The average Bonchev–Trinajstić information content (AvgIpc) is 2.88. The lowest BCUT2D eigenvalue weighted by molar-refractivity contribution is -0.138. The maximum absolute atomic E-state index is 13.2. The molecule has 1 aliphatic heterocycles. The van der Waals surface area contributed by atoms with Crippen LogP contribution in [0.15, 0.2) is 60.8 Å². The Bertz CT molecular complexity index is 1260. The predicted octanol–water partition coefficient (Wildman–Crippen LogP) is 5.75. The van der Waals surface area contributed by atoms with Gasteiger partial charge in [-0.25, -0.2) is 4.98 Å². The van der Waals surface area contributed by atoms with Gasteiger partial charge in [-0.05, 0) is 73.2 Å². The zero-order valence-corrected chi connectivity index (χ0v) is 21.0. The van der Waals surface area contributed by atoms with E-state index in [1.165, 1.54) is 25.3 Å². The smallest absolute Gasteiger partial charge is 0.363 e. The number of carbonyl (C=O) groups is 2. The number of hydrogen-bond donors (Lipinski definition) is 1. The van der Waals surface area contributed by atoms with E-state index in [0.717, 1.165) is 17.4 Å². The summed E-state index contributed by atoms with van der Waals surface area (Å²) in [4.78, 5) is 33.2. The highest BCUT2D eigenvalue weighted by Gasteiger charge is 2.34. The first-order valence-electron chi connectivity index (χ1n) is 12.1. The number of piperidine rings is 1. The maximum atomic E-state index is 13.2. The normalized spacial score (nSPS) is 14.4. The number of benzene rings is 2. The van der Waals surface area contributed by atoms with Crippen molar-refractivity contribution in [3.8, 4) is 0 Å². The van der Waals surface area contributed by atoms with Crippen LogP contribution in [0.4, 0.5) is 24.7 Å². The van der Waals surface area contributed by atoms with Gasteiger partial charge < -0.3 is 15.1 Å². The van der Waals surface area contributed by atoms with Gasteiger partial charge in [0.1, 0.15) is 5.82 Å². The summed E-state index contributed by atoms with van der Waals surface area (Å²) in [5.41, 5.74) is 1.50. The van der Waals surface area contributed by atoms with Crippen molar-refractivity contribution in [3.05, 3.63) is 88.6 Å². The first kappa shape index (κ1) is 26.2. The summed E-state index contributed by atoms with van der Waals surface area (Å²) < 4.78 is 39.7. The van der Waals surface area contributed by atoms with E-state index in [9.17, 15) is 22.8 Å². The Labute approximate surface area is 214 Å². The van der Waals surface area contributed by atoms with Crippen molar-refractivity contribution < 1.29 is 22.8 Å². The number of aromatic nitrogens is 1. The fourth-order valence-electron chi connectivity index (χ4n) is 4.59. The van der Waals surface area contributed by atoms with Crippen LogP contribution in [0.25, 0.3) is 0 Å². The van der Waals surface area contributed by atoms with Gasteiger partial charge in [-0.2, -0.15) is 13.2 Å². The molecule has 1 N–H and O–H groups in total. The molecule has 0 spiro atoms. The lowest BCUT2D eigenvalue weighted by atomic mass is 9.89. The zero-order valence-electron chi connectivity index (χ0n) is 21.0. The van der Waals surface area contributed by atoms with Gasteiger partial charge in [-0.15, -0.1) is 0 Å². The van der Waals surface area contributed by atoms with Crippen LogP contribution in [0.2, 0.25) is 0 Å². The molecule has 0 saturated carbocycles. The van der Waals surface area contributed by atoms with Crippen LogP contribution in [0.3, 0.4) is 0 Å². The molecule has 6 nitrogen and oxygen atoms in total. The van der Waals surface area contributed by atoms with Crippen molar-refractivity contribution in [3.63, 3.8) is 0 Å². The molecule has 3 aromatic rings. The van der Waals surface area contributed by atoms with Crippen LogP contribution in [0, 0.1) is 6.92 Å². The predicted molar refractivity (Wildman–Crippen MR) is 137 cm³/mol. The van der Waals surface area contributed by atoms with Gasteiger partial charge in [0.25, 0.3) is 11.8 Å². The second kappa shape index (κ2) is 10.6. The Morgan fingerprint density at radius 2 is 1.68 bits per heavy atom. The molecule has 2 amide bonds. The summed E-state index contributed by atoms with van der Waals surface area (Å²) >= 11 is 0. The van der Waals surface area contributed by atoms with E-state index in [2.05, 4.69) is 10.3 Å². The van der Waals surface area contributed by atoms with Gasteiger partial charge in [0.05, 0.1) is 11.1 Å². The number of nitrogens with one attached hydrogen (secondary N) is 1. The summed E-state index contributed by atoms with van der Waals surface area (Å²) in [7, 11) is 3.76. The fourth-order valence-corrected chi connectivity index (χ4v) is 4.59. The standard InChI is InChI=1S/C28H29F3N4O2/c1-18-23(5-4-6-24(18)28(29,30)31)27(37)35-15-13-20(14-16-35)19-7-10-22(11-8-19)33-26(36)21-9-12-25(32-17-21)34(2)3/h4-12,17,20H,13-16H2,1-3H3,(H,33,36). The quantitative estimate of drug-likeness (QED) is 0.475. The summed E-state index contributed by atoms with van der Waals surface area (Å²) in [5.74, 6) is 0.369. The van der Waals surface area contributed by atoms with Gasteiger partial charge in [0.15, 0.2) is 0 Å². The summed E-state index contributed by atoms with van der Waals surface area (Å²) in [6.07, 6.45) is -1.54. The molecule has 0 unspecified atom stereocenters. The number of rotatable bonds is 5. The number of hydrogen-bond acceptors (Lipinski definition) is 4. The maximum Gasteiger partial charge on any atom is 0.416 e. The third-order valence-electron chi connectivity index (χ3n) is 6.76. The largest absolute Gasteiger partial charge is 0.416 e. The van der Waals surface area contributed by atoms with E-state index in [0.29, 0.717) is 37.2 Å². The molecule has 2 heterocycles. The van der Waals surface area contributed by atoms with Crippen LogP contribution in [-0.4, -0.2) is 48.9 Å². The number of carbonyl (C=O) groups excluding carboxylic acids is 2. The molecule has 0 aliphatic carbocycles. The number of likely N-dealkylation sites (tertiary alicyclic amines) is 1. The van der Waals surface area contributed by atoms with Gasteiger partial charge in [-0.3, -0.25) is 9.59 Å². The van der Waals surface area contributed by atoms with Gasteiger partial charge in [-0.1, -0.05) is 18.2 Å². The monoisotopic (exact) mass is 510 g/mol. The van der Waals surface area contributed by atoms with Crippen LogP contribution in [0.1, 0.15) is 56.2 Å². The Morgan fingerprint density at radius 1 is 1.00 bits per heavy atom. The molecule has 0 radical (unpaired) electrons. The molecule has 2 aromatic carbocycles. The van der Waals surface area contributed by atoms with Crippen LogP contribution in [0.5, 0.6) is 0 Å². The van der Waals surface area contributed by atoms with Crippen LogP contribution < -0.4 is 10.2 Å². The molecule has 0 atom stereocenters. The van der Waals surface area contributed by atoms with Crippen molar-refractivity contribution in [2.75, 3.05) is 37.4 Å². The number of halogens is 3. The number of alkyl halides is 3. The Kier molecular flexibility index (Phi) is 7.52. The Hall–Kier alpha value is -3.88. The lowest BCUT2D eigenvalue weighted by Crippen LogP contribution is -2.38. The molecule has 4 rings (SSSR count). The topological polar surface area (TPSA) is 65.5 Å². The second-order valence-corrected chi connectivity index (χ2v) is 9.42. The van der Waals surface area contributed by atoms with Gasteiger partial charge in [0.2, 0.25) is 0 Å². The number of amides is 2. The third-order valence-corrected chi connectivity index (χ3v) is 6.76. The molecule has 1 aliphatic rings. The molecule has 194 valence electrons. The molecule has 1 saturated heterocycles. The van der Waals surface area contributed by atoms with E-state index in [1.54, 1.807) is 17.0 Å². The van der Waals surface area contributed by atoms with Crippen LogP contribution >= 0.6 is 0 Å². The third kappa shape index (κ3) is 5.93. The van der Waals surface area contributed by atoms with Crippen molar-refractivity contribution in [2.24, 2.45) is 0 Å². The van der Waals surface area contributed by atoms with Crippen molar-refractivity contribution in [1.29, 1.82) is 0 Å². The molecule has 37 heavy (non-hydrogen) atoms. The molecule has 0 bridgehead atoms. The second-order valence-electron chi connectivity index (χ2n) is 9.42. The van der Waals surface area contributed by atoms with Crippen molar-refractivity contribution >= 4 is 23.3 Å².